The van der Waals surface area contributed by atoms with E-state index in [0.717, 1.165) is 22.8 Å². The van der Waals surface area contributed by atoms with Crippen LogP contribution in [0.5, 0.6) is 17.2 Å². The smallest absolute Gasteiger partial charge is 0.260 e. The highest BCUT2D eigenvalue weighted by molar-refractivity contribution is 6.30. The highest BCUT2D eigenvalue weighted by Crippen LogP contribution is 2.35. The Labute approximate surface area is 190 Å². The van der Waals surface area contributed by atoms with Gasteiger partial charge in [0.2, 0.25) is 6.79 Å². The lowest BCUT2D eigenvalue weighted by Crippen LogP contribution is -2.50. The number of ether oxygens (including phenoxy) is 3. The molecule has 32 heavy (non-hydrogen) atoms. The van der Waals surface area contributed by atoms with Crippen molar-refractivity contribution < 1.29 is 19.0 Å². The number of piperazine rings is 1. The van der Waals surface area contributed by atoms with Gasteiger partial charge >= 0.3 is 0 Å². The van der Waals surface area contributed by atoms with Crippen molar-refractivity contribution in [3.05, 3.63) is 59.6 Å². The summed E-state index contributed by atoms with van der Waals surface area (Å²) >= 11 is 5.87. The number of carbonyl (C=O) groups is 1. The third-order valence-electron chi connectivity index (χ3n) is 5.45. The molecule has 2 aromatic carbocycles. The molecule has 3 heterocycles. The van der Waals surface area contributed by atoms with E-state index >= 15 is 0 Å². The second kappa shape index (κ2) is 8.92. The predicted molar refractivity (Wildman–Crippen MR) is 119 cm³/mol. The van der Waals surface area contributed by atoms with Gasteiger partial charge in [0, 0.05) is 36.8 Å². The SMILES string of the molecule is O=C(COc1ccc(Cl)cc1)N1CCN(c2ccc(-c3ccc4c(c3)OCO4)nn2)CC1. The number of aromatic nitrogens is 2. The van der Waals surface area contributed by atoms with Gasteiger partial charge in [0.05, 0.1) is 5.69 Å². The summed E-state index contributed by atoms with van der Waals surface area (Å²) in [6, 6.07) is 16.6. The van der Waals surface area contributed by atoms with E-state index in [2.05, 4.69) is 15.1 Å². The van der Waals surface area contributed by atoms with Crippen LogP contribution in [-0.2, 0) is 4.79 Å². The van der Waals surface area contributed by atoms with Gasteiger partial charge < -0.3 is 24.0 Å². The van der Waals surface area contributed by atoms with Gasteiger partial charge in [-0.05, 0) is 54.6 Å². The first-order valence-corrected chi connectivity index (χ1v) is 10.7. The molecule has 1 amide bonds. The topological polar surface area (TPSA) is 77.0 Å². The summed E-state index contributed by atoms with van der Waals surface area (Å²) in [5, 5.41) is 9.40. The minimum atomic E-state index is -0.0381. The molecular weight excluding hydrogens is 432 g/mol. The number of hydrogen-bond donors (Lipinski definition) is 0. The number of carbonyl (C=O) groups excluding carboxylic acids is 1. The van der Waals surface area contributed by atoms with Gasteiger partial charge in [-0.15, -0.1) is 10.2 Å². The molecule has 0 atom stereocenters. The number of hydrogen-bond acceptors (Lipinski definition) is 7. The normalized spacial score (nSPS) is 15.0. The van der Waals surface area contributed by atoms with E-state index < -0.39 is 0 Å². The fraction of sp³-hybridized carbons (Fsp3) is 0.261. The van der Waals surface area contributed by atoms with Crippen molar-refractivity contribution in [2.45, 2.75) is 0 Å². The Bertz CT molecular complexity index is 1100. The molecule has 1 fully saturated rings. The van der Waals surface area contributed by atoms with Crippen LogP contribution in [0, 0.1) is 0 Å². The molecule has 1 saturated heterocycles. The predicted octanol–water partition coefficient (Wildman–Crippen LogP) is 3.25. The highest BCUT2D eigenvalue weighted by atomic mass is 35.5. The number of fused-ring (bicyclic) bond motifs is 1. The highest BCUT2D eigenvalue weighted by Gasteiger charge is 2.23. The van der Waals surface area contributed by atoms with E-state index in [1.807, 2.05) is 30.3 Å². The molecule has 5 rings (SSSR count). The zero-order valence-corrected chi connectivity index (χ0v) is 18.0. The molecule has 1 aromatic heterocycles. The Kier molecular flexibility index (Phi) is 5.68. The van der Waals surface area contributed by atoms with Crippen LogP contribution in [0.2, 0.25) is 5.02 Å². The maximum absolute atomic E-state index is 12.5. The van der Waals surface area contributed by atoms with Gasteiger partial charge in [0.25, 0.3) is 5.91 Å². The lowest BCUT2D eigenvalue weighted by atomic mass is 10.1. The zero-order chi connectivity index (χ0) is 21.9. The Morgan fingerprint density at radius 3 is 2.47 bits per heavy atom. The molecule has 0 bridgehead atoms. The minimum absolute atomic E-state index is 0.00562. The molecule has 3 aromatic rings. The molecule has 2 aliphatic rings. The molecule has 164 valence electrons. The minimum Gasteiger partial charge on any atom is -0.484 e. The average molecular weight is 453 g/mol. The molecule has 0 spiro atoms. The Morgan fingerprint density at radius 2 is 1.72 bits per heavy atom. The van der Waals surface area contributed by atoms with Crippen LogP contribution >= 0.6 is 11.6 Å². The first kappa shape index (κ1) is 20.4. The lowest BCUT2D eigenvalue weighted by molar-refractivity contribution is -0.133. The maximum Gasteiger partial charge on any atom is 0.260 e. The van der Waals surface area contributed by atoms with E-state index in [-0.39, 0.29) is 19.3 Å². The molecule has 0 unspecified atom stereocenters. The molecule has 9 heteroatoms. The molecule has 0 aliphatic carbocycles. The van der Waals surface area contributed by atoms with Gasteiger partial charge in [-0.25, -0.2) is 0 Å². The third kappa shape index (κ3) is 4.40. The zero-order valence-electron chi connectivity index (χ0n) is 17.2. The first-order chi connectivity index (χ1) is 15.7. The van der Waals surface area contributed by atoms with Crippen LogP contribution in [0.25, 0.3) is 11.3 Å². The van der Waals surface area contributed by atoms with Crippen LogP contribution in [0.15, 0.2) is 54.6 Å². The van der Waals surface area contributed by atoms with E-state index in [0.29, 0.717) is 42.7 Å². The van der Waals surface area contributed by atoms with Crippen molar-refractivity contribution in [1.82, 2.24) is 15.1 Å². The van der Waals surface area contributed by atoms with E-state index in [1.54, 1.807) is 29.2 Å². The molecule has 0 saturated carbocycles. The van der Waals surface area contributed by atoms with Crippen molar-refractivity contribution in [2.24, 2.45) is 0 Å². The number of nitrogens with zero attached hydrogens (tertiary/aromatic N) is 4. The molecular formula is C23H21ClN4O4. The molecule has 2 aliphatic heterocycles. The van der Waals surface area contributed by atoms with Crippen LogP contribution in [-0.4, -0.2) is 60.6 Å². The van der Waals surface area contributed by atoms with Crippen molar-refractivity contribution in [2.75, 3.05) is 44.5 Å². The summed E-state index contributed by atoms with van der Waals surface area (Å²) in [5.74, 6) is 2.83. The summed E-state index contributed by atoms with van der Waals surface area (Å²) in [6.45, 7) is 2.83. The van der Waals surface area contributed by atoms with Crippen molar-refractivity contribution in [3.63, 3.8) is 0 Å². The Hall–Kier alpha value is -3.52. The Balaban J connectivity index is 1.14. The second-order valence-electron chi connectivity index (χ2n) is 7.46. The summed E-state index contributed by atoms with van der Waals surface area (Å²) in [4.78, 5) is 16.4. The number of benzene rings is 2. The molecule has 0 radical (unpaired) electrons. The number of anilines is 1. The second-order valence-corrected chi connectivity index (χ2v) is 7.89. The maximum atomic E-state index is 12.5. The largest absolute Gasteiger partial charge is 0.484 e. The number of halogens is 1. The summed E-state index contributed by atoms with van der Waals surface area (Å²) in [5.41, 5.74) is 1.68. The standard InChI is InChI=1S/C23H21ClN4O4/c24-17-2-4-18(5-3-17)30-14-23(29)28-11-9-27(10-12-28)22-8-6-19(25-26-22)16-1-7-20-21(13-16)32-15-31-20/h1-8,13H,9-12,14-15H2. The van der Waals surface area contributed by atoms with Gasteiger partial charge in [-0.3, -0.25) is 4.79 Å². The summed E-state index contributed by atoms with van der Waals surface area (Å²) < 4.78 is 16.3. The molecule has 8 nitrogen and oxygen atoms in total. The van der Waals surface area contributed by atoms with E-state index in [4.69, 9.17) is 25.8 Å². The van der Waals surface area contributed by atoms with Gasteiger partial charge in [-0.2, -0.15) is 0 Å². The van der Waals surface area contributed by atoms with Gasteiger partial charge in [0.1, 0.15) is 5.75 Å². The van der Waals surface area contributed by atoms with Gasteiger partial charge in [-0.1, -0.05) is 11.6 Å². The third-order valence-corrected chi connectivity index (χ3v) is 5.70. The molecule has 0 N–H and O–H groups in total. The van der Waals surface area contributed by atoms with Gasteiger partial charge in [0.15, 0.2) is 23.9 Å². The average Bonchev–Trinajstić information content (AvgIpc) is 3.32. The van der Waals surface area contributed by atoms with E-state index in [1.165, 1.54) is 0 Å². The number of rotatable bonds is 5. The Morgan fingerprint density at radius 1 is 0.938 bits per heavy atom. The van der Waals surface area contributed by atoms with Crippen LogP contribution < -0.4 is 19.1 Å². The summed E-state index contributed by atoms with van der Waals surface area (Å²) in [7, 11) is 0. The fourth-order valence-electron chi connectivity index (χ4n) is 3.66. The van der Waals surface area contributed by atoms with Crippen LogP contribution in [0.4, 0.5) is 5.82 Å². The van der Waals surface area contributed by atoms with Crippen molar-refractivity contribution in [1.29, 1.82) is 0 Å². The van der Waals surface area contributed by atoms with Crippen molar-refractivity contribution >= 4 is 23.3 Å². The van der Waals surface area contributed by atoms with E-state index in [9.17, 15) is 4.79 Å². The monoisotopic (exact) mass is 452 g/mol. The quantitative estimate of drug-likeness (QED) is 0.588. The first-order valence-electron chi connectivity index (χ1n) is 10.3. The lowest BCUT2D eigenvalue weighted by Gasteiger charge is -2.35. The van der Waals surface area contributed by atoms with Crippen LogP contribution in [0.3, 0.4) is 0 Å². The summed E-state index contributed by atoms with van der Waals surface area (Å²) in [6.07, 6.45) is 0. The number of amides is 1. The van der Waals surface area contributed by atoms with Crippen molar-refractivity contribution in [3.8, 4) is 28.5 Å². The fourth-order valence-corrected chi connectivity index (χ4v) is 3.78. The van der Waals surface area contributed by atoms with Crippen LogP contribution in [0.1, 0.15) is 0 Å².